The fourth-order valence-corrected chi connectivity index (χ4v) is 1.95. The molecule has 122 valence electrons. The van der Waals surface area contributed by atoms with Crippen LogP contribution in [0.4, 0.5) is 4.79 Å². The van der Waals surface area contributed by atoms with Crippen molar-refractivity contribution in [3.8, 4) is 0 Å². The average molecular weight is 306 g/mol. The van der Waals surface area contributed by atoms with Crippen molar-refractivity contribution in [1.29, 1.82) is 0 Å². The molecule has 1 aliphatic rings. The number of aliphatic hydroxyl groups is 1. The Morgan fingerprint density at radius 3 is 2.68 bits per heavy atom. The van der Waals surface area contributed by atoms with E-state index in [0.717, 1.165) is 16.8 Å². The predicted octanol–water partition coefficient (Wildman–Crippen LogP) is 3.23. The van der Waals surface area contributed by atoms with Crippen LogP contribution < -0.4 is 0 Å². The van der Waals surface area contributed by atoms with Gasteiger partial charge in [-0.05, 0) is 44.0 Å². The van der Waals surface area contributed by atoms with E-state index in [0.29, 0.717) is 13.1 Å². The van der Waals surface area contributed by atoms with Gasteiger partial charge in [-0.2, -0.15) is 0 Å². The zero-order valence-corrected chi connectivity index (χ0v) is 14.1. The second kappa shape index (κ2) is 7.94. The Kier molecular flexibility index (Phi) is 6.56. The number of pyridine rings is 1. The molecule has 5 heteroatoms. The normalized spacial score (nSPS) is 14.1. The number of aromatic nitrogens is 1. The van der Waals surface area contributed by atoms with E-state index in [2.05, 4.69) is 4.98 Å². The minimum atomic E-state index is -0.491. The van der Waals surface area contributed by atoms with Crippen molar-refractivity contribution in [3.63, 3.8) is 0 Å². The number of carbonyl (C=O) groups is 1. The van der Waals surface area contributed by atoms with Gasteiger partial charge in [0.2, 0.25) is 0 Å². The second-order valence-corrected chi connectivity index (χ2v) is 5.80. The number of aliphatic hydroxyl groups excluding tert-OH is 1. The van der Waals surface area contributed by atoms with Crippen molar-refractivity contribution in [3.05, 3.63) is 35.7 Å². The lowest BCUT2D eigenvalue weighted by Gasteiger charge is -2.24. The Morgan fingerprint density at radius 1 is 1.41 bits per heavy atom. The fourth-order valence-electron chi connectivity index (χ4n) is 1.95. The minimum absolute atomic E-state index is 0.0153. The molecule has 1 amide bonds. The molecule has 1 aliphatic heterocycles. The molecular weight excluding hydrogens is 280 g/mol. The van der Waals surface area contributed by atoms with Crippen LogP contribution in [0.5, 0.6) is 0 Å². The van der Waals surface area contributed by atoms with Gasteiger partial charge in [0.15, 0.2) is 0 Å². The van der Waals surface area contributed by atoms with Crippen LogP contribution in [0.15, 0.2) is 24.4 Å². The summed E-state index contributed by atoms with van der Waals surface area (Å²) in [7, 11) is 0. The van der Waals surface area contributed by atoms with E-state index in [1.54, 1.807) is 17.2 Å². The highest BCUT2D eigenvalue weighted by atomic mass is 16.6. The van der Waals surface area contributed by atoms with E-state index in [-0.39, 0.29) is 12.7 Å². The number of rotatable bonds is 2. The lowest BCUT2D eigenvalue weighted by atomic mass is 10.1. The summed E-state index contributed by atoms with van der Waals surface area (Å²) in [6.07, 6.45) is 3.31. The maximum atomic E-state index is 12.0. The van der Waals surface area contributed by atoms with E-state index in [9.17, 15) is 4.79 Å². The first-order chi connectivity index (χ1) is 10.4. The summed E-state index contributed by atoms with van der Waals surface area (Å²) in [6.45, 7) is 10.5. The Labute approximate surface area is 132 Å². The van der Waals surface area contributed by atoms with Gasteiger partial charge in [0, 0.05) is 12.7 Å². The van der Waals surface area contributed by atoms with Gasteiger partial charge in [0.25, 0.3) is 0 Å². The molecule has 0 saturated heterocycles. The van der Waals surface area contributed by atoms with Gasteiger partial charge in [-0.3, -0.25) is 4.98 Å². The van der Waals surface area contributed by atoms with E-state index in [1.165, 1.54) is 0 Å². The Morgan fingerprint density at radius 2 is 2.09 bits per heavy atom. The van der Waals surface area contributed by atoms with Crippen molar-refractivity contribution in [2.75, 3.05) is 13.1 Å². The molecule has 0 radical (unpaired) electrons. The summed E-state index contributed by atoms with van der Waals surface area (Å²) < 4.78 is 5.34. The standard InChI is InChI=1S/C15H20N2O3.C2H6/c1-15(2,3)20-14(19)17-7-5-12(9-17)13-8-11(10-18)4-6-16-13;1-2/h4-6,8,18H,7,9-10H2,1-3H3;1-2H3. The topological polar surface area (TPSA) is 62.7 Å². The summed E-state index contributed by atoms with van der Waals surface area (Å²) in [4.78, 5) is 17.9. The molecule has 0 fully saturated rings. The molecule has 0 bridgehead atoms. The lowest BCUT2D eigenvalue weighted by Crippen LogP contribution is -2.35. The summed E-state index contributed by atoms with van der Waals surface area (Å²) >= 11 is 0. The summed E-state index contributed by atoms with van der Waals surface area (Å²) in [5.74, 6) is 0. The number of hydrogen-bond donors (Lipinski definition) is 1. The van der Waals surface area contributed by atoms with Crippen molar-refractivity contribution in [2.45, 2.75) is 46.8 Å². The smallest absolute Gasteiger partial charge is 0.410 e. The monoisotopic (exact) mass is 306 g/mol. The van der Waals surface area contributed by atoms with Crippen LogP contribution in [-0.4, -0.2) is 39.8 Å². The molecular formula is C17H26N2O3. The molecule has 0 unspecified atom stereocenters. The largest absolute Gasteiger partial charge is 0.444 e. The SMILES string of the molecule is CC.CC(C)(C)OC(=O)N1CC=C(c2cc(CO)ccn2)C1. The van der Waals surface area contributed by atoms with Gasteiger partial charge in [0.05, 0.1) is 18.8 Å². The molecule has 0 saturated carbocycles. The number of ether oxygens (including phenoxy) is 1. The van der Waals surface area contributed by atoms with Crippen LogP contribution in [0.3, 0.4) is 0 Å². The molecule has 1 aromatic rings. The lowest BCUT2D eigenvalue weighted by molar-refractivity contribution is 0.0306. The van der Waals surface area contributed by atoms with Crippen LogP contribution in [0.1, 0.15) is 45.9 Å². The van der Waals surface area contributed by atoms with Gasteiger partial charge >= 0.3 is 6.09 Å². The third kappa shape index (κ3) is 5.15. The zero-order chi connectivity index (χ0) is 16.8. The van der Waals surface area contributed by atoms with Crippen LogP contribution in [0.25, 0.3) is 5.57 Å². The highest BCUT2D eigenvalue weighted by molar-refractivity contribution is 5.76. The molecule has 1 N–H and O–H groups in total. The average Bonchev–Trinajstić information content (AvgIpc) is 2.98. The van der Waals surface area contributed by atoms with E-state index >= 15 is 0 Å². The first-order valence-electron chi connectivity index (χ1n) is 7.62. The van der Waals surface area contributed by atoms with Crippen LogP contribution in [-0.2, 0) is 11.3 Å². The molecule has 0 aromatic carbocycles. The number of hydrogen-bond acceptors (Lipinski definition) is 4. The van der Waals surface area contributed by atoms with Gasteiger partial charge < -0.3 is 14.7 Å². The Balaban J connectivity index is 0.00000116. The second-order valence-electron chi connectivity index (χ2n) is 5.80. The molecule has 2 heterocycles. The summed E-state index contributed by atoms with van der Waals surface area (Å²) in [5.41, 5.74) is 2.09. The number of amides is 1. The maximum Gasteiger partial charge on any atom is 0.410 e. The molecule has 1 aromatic heterocycles. The van der Waals surface area contributed by atoms with Crippen molar-refractivity contribution >= 4 is 11.7 Å². The molecule has 5 nitrogen and oxygen atoms in total. The highest BCUT2D eigenvalue weighted by Crippen LogP contribution is 2.22. The Hall–Kier alpha value is -1.88. The van der Waals surface area contributed by atoms with Crippen molar-refractivity contribution in [2.24, 2.45) is 0 Å². The van der Waals surface area contributed by atoms with E-state index in [4.69, 9.17) is 9.84 Å². The summed E-state index contributed by atoms with van der Waals surface area (Å²) in [6, 6.07) is 3.61. The van der Waals surface area contributed by atoms with Gasteiger partial charge in [-0.15, -0.1) is 0 Å². The van der Waals surface area contributed by atoms with Gasteiger partial charge in [0.1, 0.15) is 5.60 Å². The van der Waals surface area contributed by atoms with Crippen LogP contribution in [0.2, 0.25) is 0 Å². The minimum Gasteiger partial charge on any atom is -0.444 e. The number of nitrogens with zero attached hydrogens (tertiary/aromatic N) is 2. The quantitative estimate of drug-likeness (QED) is 0.911. The van der Waals surface area contributed by atoms with E-state index in [1.807, 2.05) is 46.8 Å². The summed E-state index contributed by atoms with van der Waals surface area (Å²) in [5, 5.41) is 9.14. The van der Waals surface area contributed by atoms with Crippen molar-refractivity contribution in [1.82, 2.24) is 9.88 Å². The third-order valence-electron chi connectivity index (χ3n) is 2.91. The maximum absolute atomic E-state index is 12.0. The van der Waals surface area contributed by atoms with Crippen LogP contribution >= 0.6 is 0 Å². The third-order valence-corrected chi connectivity index (χ3v) is 2.91. The van der Waals surface area contributed by atoms with E-state index < -0.39 is 5.60 Å². The molecule has 22 heavy (non-hydrogen) atoms. The zero-order valence-electron chi connectivity index (χ0n) is 14.1. The number of carbonyl (C=O) groups excluding carboxylic acids is 1. The fraction of sp³-hybridized carbons (Fsp3) is 0.529. The Bertz CT molecular complexity index is 533. The first-order valence-corrected chi connectivity index (χ1v) is 7.62. The van der Waals surface area contributed by atoms with Crippen molar-refractivity contribution < 1.29 is 14.6 Å². The predicted molar refractivity (Wildman–Crippen MR) is 87.3 cm³/mol. The molecule has 0 atom stereocenters. The highest BCUT2D eigenvalue weighted by Gasteiger charge is 2.26. The molecule has 0 spiro atoms. The first kappa shape index (κ1) is 18.2. The van der Waals surface area contributed by atoms with Gasteiger partial charge in [-0.25, -0.2) is 4.79 Å². The van der Waals surface area contributed by atoms with Gasteiger partial charge in [-0.1, -0.05) is 19.9 Å². The van der Waals surface area contributed by atoms with Crippen LogP contribution in [0, 0.1) is 0 Å². The molecule has 2 rings (SSSR count). The molecule has 0 aliphatic carbocycles.